The van der Waals surface area contributed by atoms with Crippen LogP contribution in [0.15, 0.2) is 12.1 Å². The van der Waals surface area contributed by atoms with Crippen LogP contribution >= 0.6 is 0 Å². The molecule has 0 bridgehead atoms. The third kappa shape index (κ3) is 4.82. The largest absolute Gasteiger partial charge is 0.444 e. The van der Waals surface area contributed by atoms with Gasteiger partial charge in [0.2, 0.25) is 0 Å². The molecule has 1 aromatic rings. The molecule has 0 spiro atoms. The summed E-state index contributed by atoms with van der Waals surface area (Å²) < 4.78 is 5.12. The van der Waals surface area contributed by atoms with E-state index in [2.05, 4.69) is 10.3 Å². The molecule has 17 heavy (non-hydrogen) atoms. The number of carbonyl (C=O) groups excluding carboxylic acids is 1. The van der Waals surface area contributed by atoms with E-state index in [0.717, 1.165) is 5.69 Å². The number of aromatic nitrogens is 1. The van der Waals surface area contributed by atoms with Crippen molar-refractivity contribution in [3.05, 3.63) is 23.5 Å². The van der Waals surface area contributed by atoms with Gasteiger partial charge in [0.15, 0.2) is 0 Å². The number of aliphatic hydroxyl groups is 1. The highest BCUT2D eigenvalue weighted by molar-refractivity contribution is 5.84. The SMILES string of the molecule is Cc1cc(NC(=O)OC(C)(C)C)cc(CO)n1. The molecule has 0 saturated heterocycles. The summed E-state index contributed by atoms with van der Waals surface area (Å²) >= 11 is 0. The van der Waals surface area contributed by atoms with Crippen molar-refractivity contribution in [1.29, 1.82) is 0 Å². The van der Waals surface area contributed by atoms with E-state index < -0.39 is 11.7 Å². The number of ether oxygens (including phenoxy) is 1. The van der Waals surface area contributed by atoms with Gasteiger partial charge < -0.3 is 9.84 Å². The van der Waals surface area contributed by atoms with Gasteiger partial charge in [-0.3, -0.25) is 10.3 Å². The molecule has 1 heterocycles. The summed E-state index contributed by atoms with van der Waals surface area (Å²) in [5, 5.41) is 11.6. The third-order valence-corrected chi connectivity index (χ3v) is 1.81. The van der Waals surface area contributed by atoms with Crippen molar-refractivity contribution in [2.24, 2.45) is 0 Å². The van der Waals surface area contributed by atoms with E-state index in [1.54, 1.807) is 39.8 Å². The molecule has 0 unspecified atom stereocenters. The van der Waals surface area contributed by atoms with Crippen molar-refractivity contribution in [2.75, 3.05) is 5.32 Å². The van der Waals surface area contributed by atoms with E-state index in [0.29, 0.717) is 11.4 Å². The summed E-state index contributed by atoms with van der Waals surface area (Å²) in [5.74, 6) is 0. The fourth-order valence-corrected chi connectivity index (χ4v) is 1.31. The summed E-state index contributed by atoms with van der Waals surface area (Å²) in [5.41, 5.74) is 1.26. The lowest BCUT2D eigenvalue weighted by Crippen LogP contribution is -2.27. The maximum absolute atomic E-state index is 11.5. The standard InChI is InChI=1S/C12H18N2O3/c1-8-5-9(6-10(7-15)13-8)14-11(16)17-12(2,3)4/h5-6,15H,7H2,1-4H3,(H,13,14,16). The molecule has 2 N–H and O–H groups in total. The van der Waals surface area contributed by atoms with Crippen LogP contribution in [0.2, 0.25) is 0 Å². The number of rotatable bonds is 2. The van der Waals surface area contributed by atoms with Crippen LogP contribution in [0, 0.1) is 6.92 Å². The lowest BCUT2D eigenvalue weighted by molar-refractivity contribution is 0.0636. The molecule has 0 aliphatic heterocycles. The molecule has 0 aliphatic carbocycles. The van der Waals surface area contributed by atoms with Gasteiger partial charge in [0.1, 0.15) is 5.60 Å². The van der Waals surface area contributed by atoms with Crippen molar-refractivity contribution in [2.45, 2.75) is 39.9 Å². The molecule has 0 saturated carbocycles. The number of pyridine rings is 1. The zero-order valence-corrected chi connectivity index (χ0v) is 10.6. The van der Waals surface area contributed by atoms with E-state index >= 15 is 0 Å². The van der Waals surface area contributed by atoms with Crippen LogP contribution in [0.4, 0.5) is 10.5 Å². The third-order valence-electron chi connectivity index (χ3n) is 1.81. The van der Waals surface area contributed by atoms with Crippen LogP contribution in [0.25, 0.3) is 0 Å². The Hall–Kier alpha value is -1.62. The highest BCUT2D eigenvalue weighted by Crippen LogP contribution is 2.14. The van der Waals surface area contributed by atoms with Gasteiger partial charge in [-0.2, -0.15) is 0 Å². The lowest BCUT2D eigenvalue weighted by atomic mass is 10.2. The monoisotopic (exact) mass is 238 g/mol. The number of nitrogens with one attached hydrogen (secondary N) is 1. The van der Waals surface area contributed by atoms with Crippen LogP contribution in [0.5, 0.6) is 0 Å². The van der Waals surface area contributed by atoms with Crippen molar-refractivity contribution in [1.82, 2.24) is 4.98 Å². The minimum atomic E-state index is -0.536. The number of amides is 1. The average Bonchev–Trinajstić information content (AvgIpc) is 2.13. The highest BCUT2D eigenvalue weighted by atomic mass is 16.6. The van der Waals surface area contributed by atoms with Crippen LogP contribution in [0.3, 0.4) is 0 Å². The van der Waals surface area contributed by atoms with E-state index in [4.69, 9.17) is 9.84 Å². The van der Waals surface area contributed by atoms with E-state index in [-0.39, 0.29) is 6.61 Å². The predicted octanol–water partition coefficient (Wildman–Crippen LogP) is 2.23. The van der Waals surface area contributed by atoms with Crippen molar-refractivity contribution < 1.29 is 14.6 Å². The predicted molar refractivity (Wildman–Crippen MR) is 64.8 cm³/mol. The van der Waals surface area contributed by atoms with Crippen LogP contribution < -0.4 is 5.32 Å². The summed E-state index contributed by atoms with van der Waals surface area (Å²) in [7, 11) is 0. The van der Waals surface area contributed by atoms with Crippen molar-refractivity contribution in [3.8, 4) is 0 Å². The summed E-state index contributed by atoms with van der Waals surface area (Å²) in [6.45, 7) is 7.01. The molecule has 0 fully saturated rings. The molecule has 1 amide bonds. The Morgan fingerprint density at radius 1 is 1.47 bits per heavy atom. The second kappa shape index (κ2) is 5.14. The smallest absolute Gasteiger partial charge is 0.412 e. The van der Waals surface area contributed by atoms with Gasteiger partial charge >= 0.3 is 6.09 Å². The van der Waals surface area contributed by atoms with Gasteiger partial charge in [-0.25, -0.2) is 4.79 Å². The minimum absolute atomic E-state index is 0.162. The molecule has 0 atom stereocenters. The normalized spacial score (nSPS) is 11.1. The van der Waals surface area contributed by atoms with E-state index in [1.807, 2.05) is 0 Å². The summed E-state index contributed by atoms with van der Waals surface area (Å²) in [6.07, 6.45) is -0.521. The first-order chi connectivity index (χ1) is 7.80. The second-order valence-corrected chi connectivity index (χ2v) is 4.77. The zero-order chi connectivity index (χ0) is 13.1. The van der Waals surface area contributed by atoms with Crippen LogP contribution in [-0.4, -0.2) is 21.8 Å². The van der Waals surface area contributed by atoms with E-state index in [1.165, 1.54) is 0 Å². The van der Waals surface area contributed by atoms with Crippen LogP contribution in [0.1, 0.15) is 32.2 Å². The number of aryl methyl sites for hydroxylation is 1. The Labute approximate surface area is 101 Å². The lowest BCUT2D eigenvalue weighted by Gasteiger charge is -2.19. The summed E-state index contributed by atoms with van der Waals surface area (Å²) in [6, 6.07) is 3.32. The van der Waals surface area contributed by atoms with Crippen molar-refractivity contribution in [3.63, 3.8) is 0 Å². The maximum Gasteiger partial charge on any atom is 0.412 e. The van der Waals surface area contributed by atoms with Gasteiger partial charge in [0.25, 0.3) is 0 Å². The molecule has 0 radical (unpaired) electrons. The zero-order valence-electron chi connectivity index (χ0n) is 10.6. The molecular weight excluding hydrogens is 220 g/mol. The Bertz CT molecular complexity index is 411. The molecule has 0 aromatic carbocycles. The average molecular weight is 238 g/mol. The first-order valence-corrected chi connectivity index (χ1v) is 5.38. The van der Waals surface area contributed by atoms with Gasteiger partial charge in [-0.1, -0.05) is 0 Å². The molecular formula is C12H18N2O3. The Morgan fingerprint density at radius 2 is 2.12 bits per heavy atom. The van der Waals surface area contributed by atoms with Crippen molar-refractivity contribution >= 4 is 11.8 Å². The van der Waals surface area contributed by atoms with Gasteiger partial charge in [0.05, 0.1) is 12.3 Å². The Kier molecular flexibility index (Phi) is 4.07. The van der Waals surface area contributed by atoms with Gasteiger partial charge in [-0.15, -0.1) is 0 Å². The first kappa shape index (κ1) is 13.4. The number of carbonyl (C=O) groups is 1. The Balaban J connectivity index is 2.74. The molecule has 5 nitrogen and oxygen atoms in total. The van der Waals surface area contributed by atoms with Gasteiger partial charge in [-0.05, 0) is 39.8 Å². The number of nitrogens with zero attached hydrogens (tertiary/aromatic N) is 1. The fraction of sp³-hybridized carbons (Fsp3) is 0.500. The number of aliphatic hydroxyl groups excluding tert-OH is 1. The molecule has 1 rings (SSSR count). The second-order valence-electron chi connectivity index (χ2n) is 4.77. The molecule has 1 aromatic heterocycles. The number of hydrogen-bond acceptors (Lipinski definition) is 4. The topological polar surface area (TPSA) is 71.5 Å². The maximum atomic E-state index is 11.5. The molecule has 5 heteroatoms. The Morgan fingerprint density at radius 3 is 2.65 bits per heavy atom. The first-order valence-electron chi connectivity index (χ1n) is 5.38. The number of anilines is 1. The molecule has 0 aliphatic rings. The summed E-state index contributed by atoms with van der Waals surface area (Å²) in [4.78, 5) is 15.6. The number of hydrogen-bond donors (Lipinski definition) is 2. The quantitative estimate of drug-likeness (QED) is 0.828. The molecule has 94 valence electrons. The van der Waals surface area contributed by atoms with Crippen LogP contribution in [-0.2, 0) is 11.3 Å². The highest BCUT2D eigenvalue weighted by Gasteiger charge is 2.16. The fourth-order valence-electron chi connectivity index (χ4n) is 1.31. The minimum Gasteiger partial charge on any atom is -0.444 e. The van der Waals surface area contributed by atoms with Gasteiger partial charge in [0, 0.05) is 11.4 Å². The van der Waals surface area contributed by atoms with E-state index in [9.17, 15) is 4.79 Å².